The fourth-order valence-electron chi connectivity index (χ4n) is 2.68. The van der Waals surface area contributed by atoms with Crippen LogP contribution in [0.15, 0.2) is 34.0 Å². The maximum atomic E-state index is 12.3. The number of fused-ring (bicyclic) bond motifs is 1. The van der Waals surface area contributed by atoms with Crippen LogP contribution >= 0.6 is 11.6 Å². The van der Waals surface area contributed by atoms with Crippen molar-refractivity contribution in [3.63, 3.8) is 0 Å². The van der Waals surface area contributed by atoms with Gasteiger partial charge in [0.15, 0.2) is 0 Å². The van der Waals surface area contributed by atoms with Gasteiger partial charge in [-0.2, -0.15) is 0 Å². The van der Waals surface area contributed by atoms with E-state index < -0.39 is 5.56 Å². The van der Waals surface area contributed by atoms with E-state index in [0.29, 0.717) is 5.56 Å². The van der Waals surface area contributed by atoms with Crippen molar-refractivity contribution in [1.29, 1.82) is 0 Å². The van der Waals surface area contributed by atoms with Crippen LogP contribution in [-0.2, 0) is 6.42 Å². The Hall–Kier alpha value is -2.34. The second-order valence-corrected chi connectivity index (χ2v) is 5.65. The molecule has 6 nitrogen and oxygen atoms in total. The van der Waals surface area contributed by atoms with Crippen molar-refractivity contribution in [3.05, 3.63) is 66.9 Å². The first kappa shape index (κ1) is 14.6. The van der Waals surface area contributed by atoms with Gasteiger partial charge in [0, 0.05) is 18.0 Å². The smallest absolute Gasteiger partial charge is 0.266 e. The summed E-state index contributed by atoms with van der Waals surface area (Å²) in [6.07, 6.45) is 3.80. The molecule has 0 fully saturated rings. The molecular weight excluding hydrogens is 306 g/mol. The number of H-pyrrole nitrogens is 2. The Labute approximate surface area is 130 Å². The summed E-state index contributed by atoms with van der Waals surface area (Å²) in [5.41, 5.74) is 1.51. The lowest BCUT2D eigenvalue weighted by molar-refractivity contribution is 0.0932. The van der Waals surface area contributed by atoms with Gasteiger partial charge in [-0.05, 0) is 37.0 Å². The van der Waals surface area contributed by atoms with Crippen LogP contribution in [0.1, 0.15) is 40.5 Å². The number of nitrogens with one attached hydrogen (secondary N) is 3. The highest BCUT2D eigenvalue weighted by atomic mass is 35.5. The van der Waals surface area contributed by atoms with Gasteiger partial charge in [0.1, 0.15) is 5.02 Å². The van der Waals surface area contributed by atoms with Crippen molar-refractivity contribution in [2.24, 2.45) is 0 Å². The maximum Gasteiger partial charge on any atom is 0.266 e. The van der Waals surface area contributed by atoms with Gasteiger partial charge in [-0.1, -0.05) is 11.6 Å². The minimum atomic E-state index is -0.432. The van der Waals surface area contributed by atoms with E-state index in [-0.39, 0.29) is 22.5 Å². The van der Waals surface area contributed by atoms with Crippen molar-refractivity contribution in [1.82, 2.24) is 15.3 Å². The number of amides is 1. The molecule has 0 aliphatic heterocycles. The van der Waals surface area contributed by atoms with Gasteiger partial charge in [0.05, 0.1) is 11.6 Å². The van der Waals surface area contributed by atoms with Crippen LogP contribution in [0.5, 0.6) is 0 Å². The Morgan fingerprint density at radius 1 is 1.32 bits per heavy atom. The van der Waals surface area contributed by atoms with Crippen molar-refractivity contribution in [2.45, 2.75) is 25.3 Å². The molecule has 0 spiro atoms. The Balaban J connectivity index is 1.85. The van der Waals surface area contributed by atoms with E-state index in [4.69, 9.17) is 11.6 Å². The zero-order valence-electron chi connectivity index (χ0n) is 11.6. The number of aryl methyl sites for hydroxylation is 1. The summed E-state index contributed by atoms with van der Waals surface area (Å²) < 4.78 is 0. The van der Waals surface area contributed by atoms with Crippen LogP contribution in [0.4, 0.5) is 0 Å². The van der Waals surface area contributed by atoms with Gasteiger partial charge in [-0.3, -0.25) is 14.4 Å². The molecule has 0 bridgehead atoms. The zero-order chi connectivity index (χ0) is 15.7. The predicted molar refractivity (Wildman–Crippen MR) is 82.3 cm³/mol. The minimum absolute atomic E-state index is 0.0268. The monoisotopic (exact) mass is 319 g/mol. The Bertz CT molecular complexity index is 840. The van der Waals surface area contributed by atoms with E-state index >= 15 is 0 Å². The quantitative estimate of drug-likeness (QED) is 0.783. The van der Waals surface area contributed by atoms with Gasteiger partial charge in [0.25, 0.3) is 11.5 Å². The fourth-order valence-corrected chi connectivity index (χ4v) is 2.85. The molecule has 2 heterocycles. The molecule has 1 aliphatic carbocycles. The molecule has 2 aromatic heterocycles. The SMILES string of the molecule is O=C(NC1CCCc2[nH]c(=O)ccc21)c1c[nH]c(=O)c(Cl)c1. The van der Waals surface area contributed by atoms with Crippen LogP contribution in [-0.4, -0.2) is 15.9 Å². The highest BCUT2D eigenvalue weighted by Gasteiger charge is 2.23. The molecular formula is C15H14ClN3O3. The largest absolute Gasteiger partial charge is 0.345 e. The molecule has 1 unspecified atom stereocenters. The summed E-state index contributed by atoms with van der Waals surface area (Å²) in [6.45, 7) is 0. The fraction of sp³-hybridized carbons (Fsp3) is 0.267. The van der Waals surface area contributed by atoms with Crippen molar-refractivity contribution in [2.75, 3.05) is 0 Å². The first-order chi connectivity index (χ1) is 10.5. The molecule has 0 saturated carbocycles. The number of rotatable bonds is 2. The minimum Gasteiger partial charge on any atom is -0.345 e. The Morgan fingerprint density at radius 2 is 2.14 bits per heavy atom. The average molecular weight is 320 g/mol. The number of carbonyl (C=O) groups excluding carboxylic acids is 1. The van der Waals surface area contributed by atoms with Gasteiger partial charge < -0.3 is 15.3 Å². The summed E-state index contributed by atoms with van der Waals surface area (Å²) in [5.74, 6) is -0.317. The zero-order valence-corrected chi connectivity index (χ0v) is 12.4. The lowest BCUT2D eigenvalue weighted by atomic mass is 9.91. The number of hydrogen-bond acceptors (Lipinski definition) is 3. The van der Waals surface area contributed by atoms with Crippen LogP contribution in [0.3, 0.4) is 0 Å². The molecule has 0 aromatic carbocycles. The van der Waals surface area contributed by atoms with Crippen LogP contribution in [0.2, 0.25) is 5.02 Å². The highest BCUT2D eigenvalue weighted by Crippen LogP contribution is 2.27. The molecule has 22 heavy (non-hydrogen) atoms. The van der Waals surface area contributed by atoms with Crippen molar-refractivity contribution < 1.29 is 4.79 Å². The number of hydrogen-bond donors (Lipinski definition) is 3. The van der Waals surface area contributed by atoms with Crippen molar-refractivity contribution in [3.8, 4) is 0 Å². The topological polar surface area (TPSA) is 94.8 Å². The number of halogens is 1. The van der Waals surface area contributed by atoms with E-state index in [0.717, 1.165) is 30.5 Å². The van der Waals surface area contributed by atoms with E-state index in [2.05, 4.69) is 15.3 Å². The van der Waals surface area contributed by atoms with Gasteiger partial charge in [-0.15, -0.1) is 0 Å². The normalized spacial score (nSPS) is 16.9. The van der Waals surface area contributed by atoms with Gasteiger partial charge in [-0.25, -0.2) is 0 Å². The van der Waals surface area contributed by atoms with E-state index in [1.54, 1.807) is 6.07 Å². The molecule has 1 aliphatic rings. The van der Waals surface area contributed by atoms with Crippen LogP contribution in [0, 0.1) is 0 Å². The van der Waals surface area contributed by atoms with Crippen molar-refractivity contribution >= 4 is 17.5 Å². The third kappa shape index (κ3) is 2.82. The second-order valence-electron chi connectivity index (χ2n) is 5.24. The molecule has 0 radical (unpaired) electrons. The maximum absolute atomic E-state index is 12.3. The summed E-state index contributed by atoms with van der Waals surface area (Å²) >= 11 is 5.74. The molecule has 2 aromatic rings. The van der Waals surface area contributed by atoms with Crippen LogP contribution < -0.4 is 16.4 Å². The predicted octanol–water partition coefficient (Wildman–Crippen LogP) is 1.52. The third-order valence-electron chi connectivity index (χ3n) is 3.76. The first-order valence-electron chi connectivity index (χ1n) is 6.96. The number of aromatic amines is 2. The average Bonchev–Trinajstić information content (AvgIpc) is 2.50. The second kappa shape index (κ2) is 5.81. The molecule has 0 saturated heterocycles. The molecule has 3 rings (SSSR count). The Morgan fingerprint density at radius 3 is 2.91 bits per heavy atom. The lowest BCUT2D eigenvalue weighted by Crippen LogP contribution is -2.32. The summed E-state index contributed by atoms with van der Waals surface area (Å²) in [7, 11) is 0. The number of pyridine rings is 2. The van der Waals surface area contributed by atoms with Gasteiger partial charge in [0.2, 0.25) is 5.56 Å². The summed E-state index contributed by atoms with van der Waals surface area (Å²) in [4.78, 5) is 40.1. The molecule has 1 amide bonds. The lowest BCUT2D eigenvalue weighted by Gasteiger charge is -2.25. The molecule has 114 valence electrons. The number of aromatic nitrogens is 2. The molecule has 3 N–H and O–H groups in total. The molecule has 1 atom stereocenters. The van der Waals surface area contributed by atoms with E-state index in [9.17, 15) is 14.4 Å². The number of carbonyl (C=O) groups is 1. The third-order valence-corrected chi connectivity index (χ3v) is 4.04. The van der Waals surface area contributed by atoms with E-state index in [1.807, 2.05) is 0 Å². The summed E-state index contributed by atoms with van der Waals surface area (Å²) in [5, 5.41) is 2.89. The highest BCUT2D eigenvalue weighted by molar-refractivity contribution is 6.30. The van der Waals surface area contributed by atoms with Gasteiger partial charge >= 0.3 is 0 Å². The van der Waals surface area contributed by atoms with Crippen LogP contribution in [0.25, 0.3) is 0 Å². The first-order valence-corrected chi connectivity index (χ1v) is 7.33. The molecule has 7 heteroatoms. The standard InChI is InChI=1S/C15H14ClN3O3/c16-10-6-8(7-17-15(10)22)14(21)19-12-3-1-2-11-9(12)4-5-13(20)18-11/h4-7,12H,1-3H2,(H,17,22)(H,18,20)(H,19,21). The summed E-state index contributed by atoms with van der Waals surface area (Å²) in [6, 6.07) is 4.38. The Kier molecular flexibility index (Phi) is 3.85. The van der Waals surface area contributed by atoms with E-state index in [1.165, 1.54) is 18.3 Å².